The summed E-state index contributed by atoms with van der Waals surface area (Å²) >= 11 is 0. The third-order valence-electron chi connectivity index (χ3n) is 5.23. The smallest absolute Gasteiger partial charge is 0.324 e. The Labute approximate surface area is 146 Å². The maximum atomic E-state index is 12.2. The van der Waals surface area contributed by atoms with Gasteiger partial charge in [-0.3, -0.25) is 19.5 Å². The number of hydrogen-bond acceptors (Lipinski definition) is 7. The zero-order valence-electron chi connectivity index (χ0n) is 14.5. The SMILES string of the molecule is C[C@@H](c1nc(C2CC2)no1)N1CCN(CC(=O)N2CCNC2=O)CC1. The summed E-state index contributed by atoms with van der Waals surface area (Å²) in [7, 11) is 0. The first-order valence-corrected chi connectivity index (χ1v) is 9.00. The fourth-order valence-electron chi connectivity index (χ4n) is 3.38. The second-order valence-corrected chi connectivity index (χ2v) is 7.03. The van der Waals surface area contributed by atoms with E-state index in [9.17, 15) is 9.59 Å². The summed E-state index contributed by atoms with van der Waals surface area (Å²) in [6.07, 6.45) is 2.32. The lowest BCUT2D eigenvalue weighted by Crippen LogP contribution is -2.50. The van der Waals surface area contributed by atoms with Crippen molar-refractivity contribution < 1.29 is 14.1 Å². The third-order valence-corrected chi connectivity index (χ3v) is 5.23. The number of carbonyl (C=O) groups is 2. The lowest BCUT2D eigenvalue weighted by atomic mass is 10.2. The zero-order chi connectivity index (χ0) is 17.4. The van der Waals surface area contributed by atoms with Gasteiger partial charge in [0, 0.05) is 45.2 Å². The first kappa shape index (κ1) is 16.5. The average Bonchev–Trinajstić information content (AvgIpc) is 3.18. The zero-order valence-corrected chi connectivity index (χ0v) is 14.5. The summed E-state index contributed by atoms with van der Waals surface area (Å²) in [5.41, 5.74) is 0. The minimum absolute atomic E-state index is 0.0854. The molecule has 1 saturated carbocycles. The van der Waals surface area contributed by atoms with E-state index in [-0.39, 0.29) is 18.0 Å². The van der Waals surface area contributed by atoms with Crippen molar-refractivity contribution in [3.63, 3.8) is 0 Å². The second kappa shape index (κ2) is 6.72. The highest BCUT2D eigenvalue weighted by molar-refractivity contribution is 5.96. The van der Waals surface area contributed by atoms with E-state index < -0.39 is 0 Å². The monoisotopic (exact) mass is 348 g/mol. The van der Waals surface area contributed by atoms with Crippen molar-refractivity contribution in [1.29, 1.82) is 0 Å². The van der Waals surface area contributed by atoms with E-state index in [0.29, 0.717) is 31.4 Å². The van der Waals surface area contributed by atoms with Gasteiger partial charge in [-0.2, -0.15) is 4.98 Å². The molecule has 1 N–H and O–H groups in total. The molecule has 0 aromatic carbocycles. The van der Waals surface area contributed by atoms with Crippen LogP contribution in [0.1, 0.15) is 43.4 Å². The molecule has 1 aromatic rings. The highest BCUT2D eigenvalue weighted by Gasteiger charge is 2.32. The van der Waals surface area contributed by atoms with Gasteiger partial charge in [-0.25, -0.2) is 4.79 Å². The Hall–Kier alpha value is -2.00. The van der Waals surface area contributed by atoms with E-state index in [2.05, 4.69) is 32.2 Å². The Kier molecular flexibility index (Phi) is 4.43. The first-order chi connectivity index (χ1) is 12.1. The molecule has 1 aromatic heterocycles. The van der Waals surface area contributed by atoms with E-state index in [4.69, 9.17) is 4.52 Å². The van der Waals surface area contributed by atoms with Crippen molar-refractivity contribution in [2.75, 3.05) is 45.8 Å². The fraction of sp³-hybridized carbons (Fsp3) is 0.750. The Morgan fingerprint density at radius 1 is 1.28 bits per heavy atom. The van der Waals surface area contributed by atoms with Gasteiger partial charge in [0.05, 0.1) is 12.6 Å². The number of hydrogen-bond donors (Lipinski definition) is 1. The molecule has 3 fully saturated rings. The number of aromatic nitrogens is 2. The van der Waals surface area contributed by atoms with Crippen LogP contribution < -0.4 is 5.32 Å². The molecule has 136 valence electrons. The van der Waals surface area contributed by atoms with Crippen LogP contribution in [0.3, 0.4) is 0 Å². The van der Waals surface area contributed by atoms with Crippen LogP contribution in [0.5, 0.6) is 0 Å². The molecule has 1 atom stereocenters. The number of urea groups is 1. The number of amides is 3. The molecule has 0 spiro atoms. The van der Waals surface area contributed by atoms with E-state index in [0.717, 1.165) is 44.8 Å². The van der Waals surface area contributed by atoms with Crippen molar-refractivity contribution in [2.24, 2.45) is 0 Å². The second-order valence-electron chi connectivity index (χ2n) is 7.03. The molecular formula is C16H24N6O3. The van der Waals surface area contributed by atoms with Crippen LogP contribution in [0.15, 0.2) is 4.52 Å². The Bertz CT molecular complexity index is 650. The molecule has 3 aliphatic rings. The highest BCUT2D eigenvalue weighted by atomic mass is 16.5. The van der Waals surface area contributed by atoms with Crippen LogP contribution in [0.4, 0.5) is 4.79 Å². The normalized spacial score (nSPS) is 23.7. The highest BCUT2D eigenvalue weighted by Crippen LogP contribution is 2.38. The third kappa shape index (κ3) is 3.52. The Morgan fingerprint density at radius 3 is 2.68 bits per heavy atom. The van der Waals surface area contributed by atoms with Crippen LogP contribution in [-0.4, -0.2) is 82.6 Å². The average molecular weight is 348 g/mol. The summed E-state index contributed by atoms with van der Waals surface area (Å²) in [5, 5.41) is 6.75. The van der Waals surface area contributed by atoms with Crippen LogP contribution in [0.2, 0.25) is 0 Å². The molecule has 0 unspecified atom stereocenters. The standard InChI is InChI=1S/C16H24N6O3/c1-11(15-18-14(19-25-15)12-2-3-12)21-8-6-20(7-9-21)10-13(23)22-5-4-17-16(22)24/h11-12H,2-10H2,1H3,(H,17,24)/t11-/m0/s1. The lowest BCUT2D eigenvalue weighted by molar-refractivity contribution is -0.129. The molecule has 25 heavy (non-hydrogen) atoms. The fourth-order valence-corrected chi connectivity index (χ4v) is 3.38. The molecule has 3 heterocycles. The lowest BCUT2D eigenvalue weighted by Gasteiger charge is -2.36. The van der Waals surface area contributed by atoms with Gasteiger partial charge in [-0.05, 0) is 19.8 Å². The predicted octanol–water partition coefficient (Wildman–Crippen LogP) is 0.177. The topological polar surface area (TPSA) is 94.8 Å². The number of piperazine rings is 1. The molecule has 1 aliphatic carbocycles. The van der Waals surface area contributed by atoms with Crippen LogP contribution >= 0.6 is 0 Å². The number of rotatable bonds is 5. The van der Waals surface area contributed by atoms with E-state index in [1.807, 2.05) is 0 Å². The number of imide groups is 1. The van der Waals surface area contributed by atoms with Crippen LogP contribution in [0.25, 0.3) is 0 Å². The van der Waals surface area contributed by atoms with Gasteiger partial charge in [0.1, 0.15) is 0 Å². The Balaban J connectivity index is 1.27. The number of nitrogens with one attached hydrogen (secondary N) is 1. The number of carbonyl (C=O) groups excluding carboxylic acids is 2. The van der Waals surface area contributed by atoms with Gasteiger partial charge in [-0.15, -0.1) is 0 Å². The maximum absolute atomic E-state index is 12.2. The van der Waals surface area contributed by atoms with Crippen LogP contribution in [-0.2, 0) is 4.79 Å². The molecule has 2 saturated heterocycles. The predicted molar refractivity (Wildman–Crippen MR) is 87.8 cm³/mol. The van der Waals surface area contributed by atoms with Crippen molar-refractivity contribution in [2.45, 2.75) is 31.7 Å². The van der Waals surface area contributed by atoms with Crippen molar-refractivity contribution in [1.82, 2.24) is 30.2 Å². The molecule has 2 aliphatic heterocycles. The maximum Gasteiger partial charge on any atom is 0.324 e. The van der Waals surface area contributed by atoms with Crippen LogP contribution in [0, 0.1) is 0 Å². The summed E-state index contributed by atoms with van der Waals surface area (Å²) in [4.78, 5) is 34.0. The van der Waals surface area contributed by atoms with E-state index in [1.54, 1.807) is 0 Å². The summed E-state index contributed by atoms with van der Waals surface area (Å²) in [6, 6.07) is -0.192. The van der Waals surface area contributed by atoms with E-state index >= 15 is 0 Å². The summed E-state index contributed by atoms with van der Waals surface area (Å²) < 4.78 is 5.43. The largest absolute Gasteiger partial charge is 0.338 e. The van der Waals surface area contributed by atoms with Crippen molar-refractivity contribution in [3.05, 3.63) is 11.7 Å². The molecule has 0 bridgehead atoms. The van der Waals surface area contributed by atoms with Crippen molar-refractivity contribution >= 4 is 11.9 Å². The molecule has 9 heteroatoms. The van der Waals surface area contributed by atoms with Gasteiger partial charge in [0.2, 0.25) is 11.8 Å². The molecule has 9 nitrogen and oxygen atoms in total. The molecule has 4 rings (SSSR count). The quantitative estimate of drug-likeness (QED) is 0.811. The molecule has 3 amide bonds. The summed E-state index contributed by atoms with van der Waals surface area (Å²) in [5.74, 6) is 1.90. The van der Waals surface area contributed by atoms with Gasteiger partial charge in [0.25, 0.3) is 0 Å². The van der Waals surface area contributed by atoms with E-state index in [1.165, 1.54) is 4.90 Å². The minimum atomic E-state index is -0.278. The van der Waals surface area contributed by atoms with Gasteiger partial charge in [-0.1, -0.05) is 5.16 Å². The first-order valence-electron chi connectivity index (χ1n) is 9.00. The summed E-state index contributed by atoms with van der Waals surface area (Å²) in [6.45, 7) is 6.63. The molecule has 0 radical (unpaired) electrons. The Morgan fingerprint density at radius 2 is 2.04 bits per heavy atom. The van der Waals surface area contributed by atoms with Gasteiger partial charge in [0.15, 0.2) is 5.82 Å². The van der Waals surface area contributed by atoms with Gasteiger partial charge >= 0.3 is 6.03 Å². The van der Waals surface area contributed by atoms with Gasteiger partial charge < -0.3 is 9.84 Å². The molecular weight excluding hydrogens is 324 g/mol. The minimum Gasteiger partial charge on any atom is -0.338 e. The van der Waals surface area contributed by atoms with Crippen molar-refractivity contribution in [3.8, 4) is 0 Å². The number of nitrogens with zero attached hydrogens (tertiary/aromatic N) is 5.